The van der Waals surface area contributed by atoms with E-state index in [2.05, 4.69) is 6.07 Å². The molecule has 1 fully saturated rings. The van der Waals surface area contributed by atoms with E-state index < -0.39 is 0 Å². The number of hydrogen-bond acceptors (Lipinski definition) is 3. The lowest BCUT2D eigenvalue weighted by molar-refractivity contribution is 0.0291. The van der Waals surface area contributed by atoms with E-state index in [1.54, 1.807) is 23.1 Å². The van der Waals surface area contributed by atoms with Crippen LogP contribution in [-0.2, 0) is 11.3 Å². The molecule has 1 aromatic heterocycles. The van der Waals surface area contributed by atoms with Crippen molar-refractivity contribution in [2.75, 3.05) is 19.8 Å². The Labute approximate surface area is 175 Å². The van der Waals surface area contributed by atoms with Crippen molar-refractivity contribution in [3.63, 3.8) is 0 Å². The lowest BCUT2D eigenvalue weighted by Crippen LogP contribution is -2.44. The van der Waals surface area contributed by atoms with E-state index in [9.17, 15) is 9.18 Å². The van der Waals surface area contributed by atoms with Gasteiger partial charge in [-0.15, -0.1) is 0 Å². The van der Waals surface area contributed by atoms with Crippen LogP contribution in [0.5, 0.6) is 0 Å². The quantitative estimate of drug-likeness (QED) is 0.612. The lowest BCUT2D eigenvalue weighted by atomic mass is 10.1. The molecule has 0 bridgehead atoms. The second-order valence-electron chi connectivity index (χ2n) is 7.52. The first kappa shape index (κ1) is 20.1. The molecule has 2 aromatic carbocycles. The molecule has 1 saturated heterocycles. The lowest BCUT2D eigenvalue weighted by Gasteiger charge is -2.34. The highest BCUT2D eigenvalue weighted by Crippen LogP contribution is 2.25. The number of halogens is 1. The highest BCUT2D eigenvalue weighted by Gasteiger charge is 2.29. The zero-order chi connectivity index (χ0) is 20.9. The van der Waals surface area contributed by atoms with Gasteiger partial charge >= 0.3 is 0 Å². The average Bonchev–Trinajstić information content (AvgIpc) is 3.15. The Bertz CT molecular complexity index is 1080. The third kappa shape index (κ3) is 4.07. The summed E-state index contributed by atoms with van der Waals surface area (Å²) in [5, 5.41) is 10.0. The number of hydrogen-bond donors (Lipinski definition) is 0. The van der Waals surface area contributed by atoms with Crippen molar-refractivity contribution in [1.29, 1.82) is 5.26 Å². The van der Waals surface area contributed by atoms with Crippen LogP contribution in [0.1, 0.15) is 35.3 Å². The SMILES string of the molecule is N#CCCN(C(=O)c1cc2ccccc2n1Cc1ccccc1F)C1CCOCC1. The standard InChI is InChI=1S/C24H24FN3O2/c25-21-8-3-1-7-19(21)17-28-22-9-4-2-6-18(22)16-23(28)24(29)27(13-5-12-26)20-10-14-30-15-11-20/h1-4,6-9,16,20H,5,10-11,13-15,17H2. The van der Waals surface area contributed by atoms with Gasteiger partial charge in [0.2, 0.25) is 0 Å². The largest absolute Gasteiger partial charge is 0.381 e. The Hall–Kier alpha value is -3.17. The van der Waals surface area contributed by atoms with Gasteiger partial charge in [0.05, 0.1) is 19.0 Å². The van der Waals surface area contributed by atoms with E-state index in [0.29, 0.717) is 31.0 Å². The zero-order valence-electron chi connectivity index (χ0n) is 16.8. The van der Waals surface area contributed by atoms with E-state index in [4.69, 9.17) is 10.00 Å². The van der Waals surface area contributed by atoms with Gasteiger partial charge in [-0.25, -0.2) is 4.39 Å². The summed E-state index contributed by atoms with van der Waals surface area (Å²) < 4.78 is 21.7. The van der Waals surface area contributed by atoms with Crippen LogP contribution in [0, 0.1) is 17.1 Å². The summed E-state index contributed by atoms with van der Waals surface area (Å²) in [6, 6.07) is 18.4. The van der Waals surface area contributed by atoms with Gasteiger partial charge in [-0.2, -0.15) is 5.26 Å². The summed E-state index contributed by atoms with van der Waals surface area (Å²) >= 11 is 0. The van der Waals surface area contributed by atoms with E-state index in [0.717, 1.165) is 23.7 Å². The number of fused-ring (bicyclic) bond motifs is 1. The molecule has 0 N–H and O–H groups in total. The number of ether oxygens (including phenoxy) is 1. The number of carbonyl (C=O) groups is 1. The maximum absolute atomic E-state index is 14.4. The second kappa shape index (κ2) is 9.10. The molecule has 0 aliphatic carbocycles. The van der Waals surface area contributed by atoms with Gasteiger partial charge in [0.25, 0.3) is 5.91 Å². The van der Waals surface area contributed by atoms with Crippen LogP contribution in [-0.4, -0.2) is 41.2 Å². The fourth-order valence-corrected chi connectivity index (χ4v) is 4.12. The minimum Gasteiger partial charge on any atom is -0.381 e. The molecule has 3 aromatic rings. The van der Waals surface area contributed by atoms with Crippen molar-refractivity contribution in [3.8, 4) is 6.07 Å². The molecule has 30 heavy (non-hydrogen) atoms. The third-order valence-electron chi connectivity index (χ3n) is 5.67. The van der Waals surface area contributed by atoms with Gasteiger partial charge in [-0.3, -0.25) is 4.79 Å². The van der Waals surface area contributed by atoms with Crippen molar-refractivity contribution in [2.45, 2.75) is 31.8 Å². The molecule has 0 radical (unpaired) electrons. The molecular weight excluding hydrogens is 381 g/mol. The van der Waals surface area contributed by atoms with Gasteiger partial charge in [0.1, 0.15) is 11.5 Å². The summed E-state index contributed by atoms with van der Waals surface area (Å²) in [6.07, 6.45) is 1.78. The Balaban J connectivity index is 1.75. The fourth-order valence-electron chi connectivity index (χ4n) is 4.12. The van der Waals surface area contributed by atoms with Crippen molar-refractivity contribution in [3.05, 3.63) is 71.7 Å². The molecular formula is C24H24FN3O2. The minimum absolute atomic E-state index is 0.0412. The highest BCUT2D eigenvalue weighted by molar-refractivity contribution is 5.99. The van der Waals surface area contributed by atoms with E-state index in [1.807, 2.05) is 34.9 Å². The van der Waals surface area contributed by atoms with E-state index in [1.165, 1.54) is 6.07 Å². The summed E-state index contributed by atoms with van der Waals surface area (Å²) in [7, 11) is 0. The Morgan fingerprint density at radius 3 is 2.67 bits per heavy atom. The molecule has 1 aliphatic rings. The molecule has 1 aliphatic heterocycles. The minimum atomic E-state index is -0.292. The summed E-state index contributed by atoms with van der Waals surface area (Å²) in [5.41, 5.74) is 1.93. The highest BCUT2D eigenvalue weighted by atomic mass is 19.1. The first-order chi connectivity index (χ1) is 14.7. The molecule has 4 rings (SSSR count). The second-order valence-corrected chi connectivity index (χ2v) is 7.52. The first-order valence-corrected chi connectivity index (χ1v) is 10.3. The average molecular weight is 405 g/mol. The number of para-hydroxylation sites is 1. The molecule has 5 nitrogen and oxygen atoms in total. The maximum atomic E-state index is 14.4. The van der Waals surface area contributed by atoms with Crippen molar-refractivity contribution < 1.29 is 13.9 Å². The molecule has 154 valence electrons. The number of aromatic nitrogens is 1. The van der Waals surface area contributed by atoms with Crippen LogP contribution < -0.4 is 0 Å². The predicted octanol–water partition coefficient (Wildman–Crippen LogP) is 4.36. The van der Waals surface area contributed by atoms with Crippen LogP contribution in [0.3, 0.4) is 0 Å². The molecule has 1 amide bonds. The number of amides is 1. The third-order valence-corrected chi connectivity index (χ3v) is 5.67. The number of nitrogens with zero attached hydrogens (tertiary/aromatic N) is 3. The van der Waals surface area contributed by atoms with Gasteiger partial charge < -0.3 is 14.2 Å². The van der Waals surface area contributed by atoms with Crippen molar-refractivity contribution in [1.82, 2.24) is 9.47 Å². The molecule has 0 spiro atoms. The number of carbonyl (C=O) groups excluding carboxylic acids is 1. The van der Waals surface area contributed by atoms with Gasteiger partial charge in [-0.1, -0.05) is 36.4 Å². The predicted molar refractivity (Wildman–Crippen MR) is 113 cm³/mol. The molecule has 0 unspecified atom stereocenters. The Morgan fingerprint density at radius 2 is 1.90 bits per heavy atom. The molecule has 6 heteroatoms. The van der Waals surface area contributed by atoms with Crippen LogP contribution in [0.4, 0.5) is 4.39 Å². The van der Waals surface area contributed by atoms with E-state index in [-0.39, 0.29) is 30.7 Å². The number of benzene rings is 2. The van der Waals surface area contributed by atoms with Gasteiger partial charge in [-0.05, 0) is 31.0 Å². The van der Waals surface area contributed by atoms with Crippen LogP contribution in [0.25, 0.3) is 10.9 Å². The van der Waals surface area contributed by atoms with E-state index >= 15 is 0 Å². The topological polar surface area (TPSA) is 58.3 Å². The summed E-state index contributed by atoms with van der Waals surface area (Å²) in [6.45, 7) is 1.86. The van der Waals surface area contributed by atoms with Gasteiger partial charge in [0, 0.05) is 42.3 Å². The molecule has 0 atom stereocenters. The van der Waals surface area contributed by atoms with Crippen LogP contribution >= 0.6 is 0 Å². The van der Waals surface area contributed by atoms with Crippen LogP contribution in [0.15, 0.2) is 54.6 Å². The zero-order valence-corrected chi connectivity index (χ0v) is 16.8. The summed E-state index contributed by atoms with van der Waals surface area (Å²) in [5.74, 6) is -0.413. The number of rotatable bonds is 6. The first-order valence-electron chi connectivity index (χ1n) is 10.3. The molecule has 2 heterocycles. The summed E-state index contributed by atoms with van der Waals surface area (Å²) in [4.78, 5) is 15.5. The maximum Gasteiger partial charge on any atom is 0.270 e. The Kier molecular flexibility index (Phi) is 6.10. The van der Waals surface area contributed by atoms with Gasteiger partial charge in [0.15, 0.2) is 0 Å². The number of nitriles is 1. The monoisotopic (exact) mass is 405 g/mol. The molecule has 0 saturated carbocycles. The smallest absolute Gasteiger partial charge is 0.270 e. The Morgan fingerprint density at radius 1 is 1.17 bits per heavy atom. The van der Waals surface area contributed by atoms with Crippen LogP contribution in [0.2, 0.25) is 0 Å². The van der Waals surface area contributed by atoms with Crippen molar-refractivity contribution in [2.24, 2.45) is 0 Å². The fraction of sp³-hybridized carbons (Fsp3) is 0.333. The normalized spacial score (nSPS) is 14.5. The van der Waals surface area contributed by atoms with Crippen molar-refractivity contribution >= 4 is 16.8 Å².